The van der Waals surface area contributed by atoms with Gasteiger partial charge in [-0.3, -0.25) is 9.59 Å². The maximum atomic E-state index is 11.3. The second-order valence-electron chi connectivity index (χ2n) is 3.21. The number of hydrogen-bond donors (Lipinski definition) is 0. The van der Waals surface area contributed by atoms with Crippen LogP contribution in [-0.4, -0.2) is 43.9 Å². The molecule has 73 valence electrons. The van der Waals surface area contributed by atoms with Gasteiger partial charge in [-0.05, 0) is 12.8 Å². The van der Waals surface area contributed by atoms with Crippen molar-refractivity contribution in [2.75, 3.05) is 26.8 Å². The van der Waals surface area contributed by atoms with Crippen LogP contribution in [0.3, 0.4) is 0 Å². The molecular weight excluding hydrogens is 170 g/mol. The third kappa shape index (κ3) is 2.81. The van der Waals surface area contributed by atoms with Gasteiger partial charge in [-0.15, -0.1) is 0 Å². The molecule has 0 unspecified atom stereocenters. The summed E-state index contributed by atoms with van der Waals surface area (Å²) in [5, 5.41) is 0. The lowest BCUT2D eigenvalue weighted by Gasteiger charge is -2.29. The van der Waals surface area contributed by atoms with Gasteiger partial charge < -0.3 is 9.64 Å². The number of carbonyl (C=O) groups excluding carboxylic acids is 2. The highest BCUT2D eigenvalue weighted by atomic mass is 16.5. The van der Waals surface area contributed by atoms with Crippen LogP contribution in [0.1, 0.15) is 12.8 Å². The van der Waals surface area contributed by atoms with Crippen molar-refractivity contribution in [3.63, 3.8) is 0 Å². The zero-order valence-corrected chi connectivity index (χ0v) is 7.78. The van der Waals surface area contributed by atoms with E-state index in [1.165, 1.54) is 7.11 Å². The van der Waals surface area contributed by atoms with Crippen molar-refractivity contribution in [3.05, 3.63) is 0 Å². The average molecular weight is 184 g/mol. The Bertz CT molecular complexity index is 185. The summed E-state index contributed by atoms with van der Waals surface area (Å²) < 4.78 is 4.74. The monoisotopic (exact) mass is 184 g/mol. The summed E-state index contributed by atoms with van der Waals surface area (Å²) >= 11 is 0. The molecule has 0 spiro atoms. The number of amides is 1. The molecule has 1 amide bonds. The predicted molar refractivity (Wildman–Crippen MR) is 46.9 cm³/mol. The molecule has 13 heavy (non-hydrogen) atoms. The van der Waals surface area contributed by atoms with E-state index in [4.69, 9.17) is 4.74 Å². The van der Waals surface area contributed by atoms with Gasteiger partial charge in [0.15, 0.2) is 0 Å². The first-order valence-electron chi connectivity index (χ1n) is 4.42. The summed E-state index contributed by atoms with van der Waals surface area (Å²) in [5.74, 6) is 0.0263. The van der Waals surface area contributed by atoms with Gasteiger partial charge >= 0.3 is 0 Å². The second kappa shape index (κ2) is 4.97. The molecule has 0 atom stereocenters. The Morgan fingerprint density at radius 2 is 2.15 bits per heavy atom. The smallest absolute Gasteiger partial charge is 0.248 e. The number of carbonyl (C=O) groups is 1. The highest BCUT2D eigenvalue weighted by Gasteiger charge is 2.22. The molecule has 1 saturated heterocycles. The number of methoxy groups -OCH3 is 1. The molecule has 1 rings (SSSR count). The lowest BCUT2D eigenvalue weighted by atomic mass is 9.99. The van der Waals surface area contributed by atoms with E-state index in [-0.39, 0.29) is 18.4 Å². The van der Waals surface area contributed by atoms with Crippen molar-refractivity contribution < 1.29 is 14.3 Å². The van der Waals surface area contributed by atoms with Gasteiger partial charge in [0, 0.05) is 26.1 Å². The molecule has 0 aromatic carbocycles. The van der Waals surface area contributed by atoms with Crippen molar-refractivity contribution in [2.45, 2.75) is 12.8 Å². The van der Waals surface area contributed by atoms with E-state index >= 15 is 0 Å². The third-order valence-corrected chi connectivity index (χ3v) is 2.28. The molecule has 0 aromatic rings. The zero-order valence-electron chi connectivity index (χ0n) is 7.78. The topological polar surface area (TPSA) is 46.6 Å². The predicted octanol–water partition coefficient (Wildman–Crippen LogP) is -0.0189. The van der Waals surface area contributed by atoms with Crippen LogP contribution >= 0.6 is 0 Å². The zero-order chi connectivity index (χ0) is 9.68. The standard InChI is InChI=1S/C9H14NO3/c1-13-7-9(12)10-4-2-8(6-11)3-5-10/h8H,2-5,7H2,1H3. The number of hydrogen-bond acceptors (Lipinski definition) is 3. The van der Waals surface area contributed by atoms with Crippen molar-refractivity contribution in [1.82, 2.24) is 4.90 Å². The van der Waals surface area contributed by atoms with Crippen molar-refractivity contribution in [3.8, 4) is 0 Å². The normalized spacial score (nSPS) is 18.7. The molecule has 1 aliphatic heterocycles. The molecule has 1 fully saturated rings. The average Bonchev–Trinajstić information content (AvgIpc) is 2.18. The second-order valence-corrected chi connectivity index (χ2v) is 3.21. The number of ether oxygens (including phenoxy) is 1. The SMILES string of the molecule is COCC(=O)N1CCC([C]=O)CC1. The van der Waals surface area contributed by atoms with Crippen molar-refractivity contribution >= 4 is 12.2 Å². The summed E-state index contributed by atoms with van der Waals surface area (Å²) in [6, 6.07) is 0. The minimum Gasteiger partial charge on any atom is -0.375 e. The highest BCUT2D eigenvalue weighted by molar-refractivity contribution is 5.77. The van der Waals surface area contributed by atoms with E-state index in [1.807, 2.05) is 6.29 Å². The number of piperidine rings is 1. The molecule has 4 heteroatoms. The van der Waals surface area contributed by atoms with E-state index in [2.05, 4.69) is 0 Å². The van der Waals surface area contributed by atoms with Crippen LogP contribution in [0.5, 0.6) is 0 Å². The first kappa shape index (κ1) is 10.2. The molecule has 0 aromatic heterocycles. The highest BCUT2D eigenvalue weighted by Crippen LogP contribution is 2.14. The largest absolute Gasteiger partial charge is 0.375 e. The van der Waals surface area contributed by atoms with Gasteiger partial charge in [0.1, 0.15) is 6.61 Å². The van der Waals surface area contributed by atoms with E-state index in [1.54, 1.807) is 4.90 Å². The first-order valence-corrected chi connectivity index (χ1v) is 4.42. The summed E-state index contributed by atoms with van der Waals surface area (Å²) in [7, 11) is 1.50. The van der Waals surface area contributed by atoms with Crippen LogP contribution in [0.2, 0.25) is 0 Å². The molecular formula is C9H14NO3. The van der Waals surface area contributed by atoms with Gasteiger partial charge in [0.25, 0.3) is 0 Å². The summed E-state index contributed by atoms with van der Waals surface area (Å²) in [4.78, 5) is 23.3. The summed E-state index contributed by atoms with van der Waals surface area (Å²) in [6.07, 6.45) is 3.45. The fourth-order valence-electron chi connectivity index (χ4n) is 1.46. The van der Waals surface area contributed by atoms with Crippen LogP contribution in [0.4, 0.5) is 0 Å². The van der Waals surface area contributed by atoms with Crippen LogP contribution in [0, 0.1) is 5.92 Å². The van der Waals surface area contributed by atoms with Crippen molar-refractivity contribution in [2.24, 2.45) is 5.92 Å². The van der Waals surface area contributed by atoms with Gasteiger partial charge in [0.05, 0.1) is 0 Å². The first-order chi connectivity index (χ1) is 6.27. The molecule has 0 bridgehead atoms. The molecule has 4 nitrogen and oxygen atoms in total. The number of likely N-dealkylation sites (tertiary alicyclic amines) is 1. The molecule has 0 saturated carbocycles. The summed E-state index contributed by atoms with van der Waals surface area (Å²) in [6.45, 7) is 1.44. The fourth-order valence-corrected chi connectivity index (χ4v) is 1.46. The Hall–Kier alpha value is -0.900. The maximum Gasteiger partial charge on any atom is 0.248 e. The molecule has 1 radical (unpaired) electrons. The van der Waals surface area contributed by atoms with Crippen molar-refractivity contribution in [1.29, 1.82) is 0 Å². The minimum atomic E-state index is 0.00634. The number of rotatable bonds is 3. The van der Waals surface area contributed by atoms with E-state index in [9.17, 15) is 9.59 Å². The third-order valence-electron chi connectivity index (χ3n) is 2.28. The van der Waals surface area contributed by atoms with Gasteiger partial charge in [0.2, 0.25) is 12.2 Å². The van der Waals surface area contributed by atoms with E-state index < -0.39 is 0 Å². The Labute approximate surface area is 77.8 Å². The quantitative estimate of drug-likeness (QED) is 0.619. The Kier molecular flexibility index (Phi) is 3.89. The number of nitrogens with zero attached hydrogens (tertiary/aromatic N) is 1. The van der Waals surface area contributed by atoms with E-state index in [0.717, 1.165) is 12.8 Å². The minimum absolute atomic E-state index is 0.00634. The van der Waals surface area contributed by atoms with Crippen LogP contribution in [0.15, 0.2) is 0 Å². The Balaban J connectivity index is 2.31. The maximum absolute atomic E-state index is 11.3. The van der Waals surface area contributed by atoms with Gasteiger partial charge in [-0.1, -0.05) is 0 Å². The summed E-state index contributed by atoms with van der Waals surface area (Å²) in [5.41, 5.74) is 0. The Morgan fingerprint density at radius 1 is 1.54 bits per heavy atom. The molecule has 1 heterocycles. The molecule has 0 N–H and O–H groups in total. The van der Waals surface area contributed by atoms with Crippen LogP contribution in [0.25, 0.3) is 0 Å². The fraction of sp³-hybridized carbons (Fsp3) is 0.778. The van der Waals surface area contributed by atoms with Crippen LogP contribution in [-0.2, 0) is 14.3 Å². The van der Waals surface area contributed by atoms with Gasteiger partial charge in [-0.2, -0.15) is 0 Å². The van der Waals surface area contributed by atoms with E-state index in [0.29, 0.717) is 13.1 Å². The lowest BCUT2D eigenvalue weighted by Crippen LogP contribution is -2.40. The Morgan fingerprint density at radius 3 is 2.62 bits per heavy atom. The van der Waals surface area contributed by atoms with Gasteiger partial charge in [-0.25, -0.2) is 0 Å². The molecule has 1 aliphatic rings. The van der Waals surface area contributed by atoms with Crippen LogP contribution < -0.4 is 0 Å². The molecule has 0 aliphatic carbocycles. The lowest BCUT2D eigenvalue weighted by molar-refractivity contribution is -0.136.